The van der Waals surface area contributed by atoms with Crippen molar-refractivity contribution in [3.63, 3.8) is 0 Å². The van der Waals surface area contributed by atoms with E-state index in [1.165, 1.54) is 4.90 Å². The van der Waals surface area contributed by atoms with Crippen LogP contribution in [0, 0.1) is 13.8 Å². The van der Waals surface area contributed by atoms with Crippen molar-refractivity contribution in [1.82, 2.24) is 4.98 Å². The second-order valence-corrected chi connectivity index (χ2v) is 4.61. The van der Waals surface area contributed by atoms with Crippen LogP contribution in [0.15, 0.2) is 6.07 Å². The maximum atomic E-state index is 11.4. The van der Waals surface area contributed by atoms with Crippen LogP contribution >= 0.6 is 0 Å². The maximum Gasteiger partial charge on any atom is 0.412 e. The smallest absolute Gasteiger partial charge is 0.412 e. The van der Waals surface area contributed by atoms with Gasteiger partial charge in [-0.05, 0) is 44.7 Å². The molecule has 1 aromatic heterocycles. The zero-order valence-electron chi connectivity index (χ0n) is 10.5. The number of rotatable bonds is 1. The van der Waals surface area contributed by atoms with Gasteiger partial charge in [0.2, 0.25) is 0 Å². The first-order valence-corrected chi connectivity index (χ1v) is 6.03. The zero-order chi connectivity index (χ0) is 12.6. The summed E-state index contributed by atoms with van der Waals surface area (Å²) >= 11 is 0. The number of carboxylic acid groups (broad SMARTS) is 1. The van der Waals surface area contributed by atoms with Crippen molar-refractivity contribution < 1.29 is 9.90 Å². The molecule has 0 fully saturated rings. The van der Waals surface area contributed by atoms with Crippen LogP contribution < -0.4 is 4.90 Å². The second-order valence-electron chi connectivity index (χ2n) is 4.61. The highest BCUT2D eigenvalue weighted by atomic mass is 16.4. The normalized spacial score (nSPS) is 19.0. The lowest BCUT2D eigenvalue weighted by Gasteiger charge is -2.35. The number of aryl methyl sites for hydroxylation is 3. The Labute approximate surface area is 101 Å². The summed E-state index contributed by atoms with van der Waals surface area (Å²) in [5, 5.41) is 9.38. The lowest BCUT2D eigenvalue weighted by Crippen LogP contribution is -2.43. The molecule has 4 nitrogen and oxygen atoms in total. The molecule has 4 heteroatoms. The molecule has 1 aromatic rings. The molecular formula is C13H18N2O2. The summed E-state index contributed by atoms with van der Waals surface area (Å²) in [6, 6.07) is 2.09. The summed E-state index contributed by atoms with van der Waals surface area (Å²) < 4.78 is 0. The van der Waals surface area contributed by atoms with Crippen LogP contribution in [0.4, 0.5) is 10.5 Å². The molecular weight excluding hydrogens is 216 g/mol. The minimum atomic E-state index is -0.869. The predicted octanol–water partition coefficient (Wildman–Crippen LogP) is 2.91. The summed E-state index contributed by atoms with van der Waals surface area (Å²) in [6.07, 6.45) is 1.83. The zero-order valence-corrected chi connectivity index (χ0v) is 10.5. The molecule has 1 amide bonds. The highest BCUT2D eigenvalue weighted by Gasteiger charge is 2.31. The van der Waals surface area contributed by atoms with Gasteiger partial charge in [0.15, 0.2) is 0 Å². The largest absolute Gasteiger partial charge is 0.465 e. The quantitative estimate of drug-likeness (QED) is 0.812. The number of anilines is 1. The van der Waals surface area contributed by atoms with E-state index in [0.717, 1.165) is 41.9 Å². The SMILES string of the molecule is CCC1CCc2cc(C)nc(C)c2N1C(=O)O. The van der Waals surface area contributed by atoms with Crippen LogP contribution in [-0.4, -0.2) is 22.2 Å². The Morgan fingerprint density at radius 2 is 2.29 bits per heavy atom. The van der Waals surface area contributed by atoms with Gasteiger partial charge in [-0.3, -0.25) is 9.88 Å². The van der Waals surface area contributed by atoms with Crippen LogP contribution in [0.3, 0.4) is 0 Å². The fraction of sp³-hybridized carbons (Fsp3) is 0.538. The molecule has 0 saturated heterocycles. The minimum absolute atomic E-state index is 0.0863. The number of fused-ring (bicyclic) bond motifs is 1. The van der Waals surface area contributed by atoms with Gasteiger partial charge in [0.05, 0.1) is 11.4 Å². The van der Waals surface area contributed by atoms with Gasteiger partial charge in [0, 0.05) is 11.7 Å². The van der Waals surface area contributed by atoms with E-state index in [1.54, 1.807) is 0 Å². The summed E-state index contributed by atoms with van der Waals surface area (Å²) in [4.78, 5) is 17.3. The summed E-state index contributed by atoms with van der Waals surface area (Å²) in [6.45, 7) is 5.87. The van der Waals surface area contributed by atoms with Gasteiger partial charge in [0.1, 0.15) is 0 Å². The monoisotopic (exact) mass is 234 g/mol. The molecule has 2 rings (SSSR count). The average molecular weight is 234 g/mol. The Morgan fingerprint density at radius 1 is 1.59 bits per heavy atom. The third-order valence-electron chi connectivity index (χ3n) is 3.40. The number of pyridine rings is 1. The van der Waals surface area contributed by atoms with Gasteiger partial charge in [-0.1, -0.05) is 6.92 Å². The fourth-order valence-corrected chi connectivity index (χ4v) is 2.69. The lowest BCUT2D eigenvalue weighted by atomic mass is 9.94. The van der Waals surface area contributed by atoms with E-state index >= 15 is 0 Å². The number of nitrogens with zero attached hydrogens (tertiary/aromatic N) is 2. The molecule has 1 unspecified atom stereocenters. The molecule has 2 heterocycles. The maximum absolute atomic E-state index is 11.4. The van der Waals surface area contributed by atoms with Crippen molar-refractivity contribution in [2.75, 3.05) is 4.90 Å². The molecule has 1 N–H and O–H groups in total. The standard InChI is InChI=1S/C13H18N2O2/c1-4-11-6-5-10-7-8(2)14-9(3)12(10)15(11)13(16)17/h7,11H,4-6H2,1-3H3,(H,16,17). The van der Waals surface area contributed by atoms with Crippen molar-refractivity contribution in [3.05, 3.63) is 23.0 Å². The Hall–Kier alpha value is -1.58. The second kappa shape index (κ2) is 4.35. The van der Waals surface area contributed by atoms with Crippen LogP contribution in [0.2, 0.25) is 0 Å². The molecule has 17 heavy (non-hydrogen) atoms. The highest BCUT2D eigenvalue weighted by molar-refractivity contribution is 5.89. The molecule has 0 aliphatic carbocycles. The lowest BCUT2D eigenvalue weighted by molar-refractivity contribution is 0.197. The van der Waals surface area contributed by atoms with Gasteiger partial charge in [-0.2, -0.15) is 0 Å². The van der Waals surface area contributed by atoms with E-state index in [4.69, 9.17) is 0 Å². The molecule has 1 atom stereocenters. The van der Waals surface area contributed by atoms with Gasteiger partial charge in [-0.25, -0.2) is 4.79 Å². The summed E-state index contributed by atoms with van der Waals surface area (Å²) in [5.74, 6) is 0. The molecule has 1 aliphatic heterocycles. The van der Waals surface area contributed by atoms with E-state index in [0.29, 0.717) is 0 Å². The Kier molecular flexibility index (Phi) is 3.05. The predicted molar refractivity (Wildman–Crippen MR) is 66.6 cm³/mol. The van der Waals surface area contributed by atoms with Crippen LogP contribution in [0.25, 0.3) is 0 Å². The van der Waals surface area contributed by atoms with Gasteiger partial charge < -0.3 is 5.11 Å². The molecule has 0 bridgehead atoms. The number of hydrogen-bond donors (Lipinski definition) is 1. The molecule has 0 aromatic carbocycles. The summed E-state index contributed by atoms with van der Waals surface area (Å²) in [5.41, 5.74) is 3.70. The van der Waals surface area contributed by atoms with E-state index in [9.17, 15) is 9.90 Å². The van der Waals surface area contributed by atoms with Gasteiger partial charge in [-0.15, -0.1) is 0 Å². The van der Waals surface area contributed by atoms with Crippen molar-refractivity contribution in [2.24, 2.45) is 0 Å². The van der Waals surface area contributed by atoms with Crippen molar-refractivity contribution in [1.29, 1.82) is 0 Å². The fourth-order valence-electron chi connectivity index (χ4n) is 2.69. The van der Waals surface area contributed by atoms with Crippen LogP contribution in [-0.2, 0) is 6.42 Å². The highest BCUT2D eigenvalue weighted by Crippen LogP contribution is 2.34. The third kappa shape index (κ3) is 1.99. The molecule has 92 valence electrons. The molecule has 0 spiro atoms. The number of hydrogen-bond acceptors (Lipinski definition) is 2. The van der Waals surface area contributed by atoms with E-state index in [1.807, 2.05) is 26.8 Å². The number of amides is 1. The first kappa shape index (κ1) is 11.9. The van der Waals surface area contributed by atoms with Crippen LogP contribution in [0.1, 0.15) is 36.7 Å². The molecule has 1 aliphatic rings. The Morgan fingerprint density at radius 3 is 2.88 bits per heavy atom. The summed E-state index contributed by atoms with van der Waals surface area (Å²) in [7, 11) is 0. The van der Waals surface area contributed by atoms with Gasteiger partial charge >= 0.3 is 6.09 Å². The van der Waals surface area contributed by atoms with Crippen molar-refractivity contribution >= 4 is 11.8 Å². The van der Waals surface area contributed by atoms with E-state index < -0.39 is 6.09 Å². The molecule has 0 radical (unpaired) electrons. The topological polar surface area (TPSA) is 53.4 Å². The van der Waals surface area contributed by atoms with Crippen molar-refractivity contribution in [3.8, 4) is 0 Å². The van der Waals surface area contributed by atoms with Gasteiger partial charge in [0.25, 0.3) is 0 Å². The Bertz CT molecular complexity index is 457. The number of aromatic nitrogens is 1. The van der Waals surface area contributed by atoms with E-state index in [-0.39, 0.29) is 6.04 Å². The van der Waals surface area contributed by atoms with Crippen molar-refractivity contribution in [2.45, 2.75) is 46.1 Å². The Balaban J connectivity index is 2.55. The minimum Gasteiger partial charge on any atom is -0.465 e. The first-order valence-electron chi connectivity index (χ1n) is 6.03. The van der Waals surface area contributed by atoms with E-state index in [2.05, 4.69) is 4.98 Å². The number of carbonyl (C=O) groups is 1. The average Bonchev–Trinajstić information content (AvgIpc) is 2.27. The van der Waals surface area contributed by atoms with Crippen LogP contribution in [0.5, 0.6) is 0 Å². The molecule has 0 saturated carbocycles. The first-order chi connectivity index (χ1) is 8.04. The third-order valence-corrected chi connectivity index (χ3v) is 3.40.